The van der Waals surface area contributed by atoms with Crippen molar-refractivity contribution in [3.05, 3.63) is 26.9 Å². The van der Waals surface area contributed by atoms with Gasteiger partial charge >= 0.3 is 5.82 Å². The summed E-state index contributed by atoms with van der Waals surface area (Å²) in [4.78, 5) is 16.1. The van der Waals surface area contributed by atoms with Crippen LogP contribution in [0.3, 0.4) is 0 Å². The van der Waals surface area contributed by atoms with Crippen molar-refractivity contribution in [2.24, 2.45) is 0 Å². The van der Waals surface area contributed by atoms with Gasteiger partial charge in [0, 0.05) is 12.6 Å². The Balaban J connectivity index is 2.39. The molecule has 0 atom stereocenters. The summed E-state index contributed by atoms with van der Waals surface area (Å²) in [6.45, 7) is 0.365. The summed E-state index contributed by atoms with van der Waals surface area (Å²) in [6.07, 6.45) is 3.42. The highest BCUT2D eigenvalue weighted by Gasteiger charge is 2.33. The van der Waals surface area contributed by atoms with E-state index < -0.39 is 4.92 Å². The summed E-state index contributed by atoms with van der Waals surface area (Å²) in [7, 11) is 0. The van der Waals surface area contributed by atoms with Crippen LogP contribution in [0.25, 0.3) is 0 Å². The van der Waals surface area contributed by atoms with Crippen LogP contribution in [0, 0.1) is 10.1 Å². The summed E-state index contributed by atoms with van der Waals surface area (Å²) in [6, 6.07) is 1.97. The zero-order chi connectivity index (χ0) is 12.4. The molecule has 7 heteroatoms. The highest BCUT2D eigenvalue weighted by atomic mass is 79.9. The minimum atomic E-state index is -0.492. The van der Waals surface area contributed by atoms with Gasteiger partial charge in [0.15, 0.2) is 6.20 Å². The van der Waals surface area contributed by atoms with Gasteiger partial charge in [-0.2, -0.15) is 0 Å². The standard InChI is InChI=1S/C10H12BrN3O3/c11-7-5-9(10(12-6-7)14(16)17)13(3-4-15)8-1-2-8/h5-6,8,15H,1-4H2. The molecule has 92 valence electrons. The molecule has 0 amide bonds. The van der Waals surface area contributed by atoms with Crippen molar-refractivity contribution in [2.75, 3.05) is 18.1 Å². The summed E-state index contributed by atoms with van der Waals surface area (Å²) in [5.41, 5.74) is 0.473. The van der Waals surface area contributed by atoms with Gasteiger partial charge in [0.2, 0.25) is 0 Å². The molecule has 17 heavy (non-hydrogen) atoms. The lowest BCUT2D eigenvalue weighted by Crippen LogP contribution is -2.29. The van der Waals surface area contributed by atoms with E-state index in [0.717, 1.165) is 12.8 Å². The molecule has 0 bridgehead atoms. The first-order valence-electron chi connectivity index (χ1n) is 5.31. The molecule has 0 saturated heterocycles. The molecule has 2 rings (SSSR count). The monoisotopic (exact) mass is 301 g/mol. The number of halogens is 1. The van der Waals surface area contributed by atoms with Gasteiger partial charge in [-0.05, 0) is 44.7 Å². The maximum atomic E-state index is 10.9. The minimum absolute atomic E-state index is 0.0276. The van der Waals surface area contributed by atoms with Crippen LogP contribution in [0.4, 0.5) is 11.5 Å². The Hall–Kier alpha value is -1.21. The van der Waals surface area contributed by atoms with E-state index in [4.69, 9.17) is 5.11 Å². The average molecular weight is 302 g/mol. The van der Waals surface area contributed by atoms with Gasteiger partial charge in [-0.3, -0.25) is 0 Å². The van der Waals surface area contributed by atoms with Gasteiger partial charge < -0.3 is 20.1 Å². The lowest BCUT2D eigenvalue weighted by molar-refractivity contribution is -0.388. The normalized spacial score (nSPS) is 14.7. The predicted molar refractivity (Wildman–Crippen MR) is 66.0 cm³/mol. The third-order valence-corrected chi connectivity index (χ3v) is 3.06. The first kappa shape index (κ1) is 12.3. The molecule has 1 fully saturated rings. The maximum Gasteiger partial charge on any atom is 0.387 e. The maximum absolute atomic E-state index is 10.9. The highest BCUT2D eigenvalue weighted by molar-refractivity contribution is 9.10. The number of rotatable bonds is 5. The largest absolute Gasteiger partial charge is 0.395 e. The molecule has 1 aliphatic rings. The molecular formula is C10H12BrN3O3. The molecule has 0 spiro atoms. The Morgan fingerprint density at radius 2 is 2.35 bits per heavy atom. The van der Waals surface area contributed by atoms with E-state index in [9.17, 15) is 10.1 Å². The molecule has 0 radical (unpaired) electrons. The number of aliphatic hydroxyl groups excluding tert-OH is 1. The van der Waals surface area contributed by atoms with Crippen LogP contribution in [0.1, 0.15) is 12.8 Å². The third-order valence-electron chi connectivity index (χ3n) is 2.62. The first-order valence-corrected chi connectivity index (χ1v) is 6.10. The van der Waals surface area contributed by atoms with Crippen LogP contribution in [0.15, 0.2) is 16.7 Å². The summed E-state index contributed by atoms with van der Waals surface area (Å²) >= 11 is 3.26. The number of aromatic nitrogens is 1. The lowest BCUT2D eigenvalue weighted by Gasteiger charge is -2.22. The Kier molecular flexibility index (Phi) is 3.58. The minimum Gasteiger partial charge on any atom is -0.395 e. The second-order valence-electron chi connectivity index (χ2n) is 3.90. The molecule has 1 aromatic rings. The molecule has 1 aromatic heterocycles. The number of hydrogen-bond acceptors (Lipinski definition) is 5. The van der Waals surface area contributed by atoms with Gasteiger partial charge in [-0.15, -0.1) is 0 Å². The van der Waals surface area contributed by atoms with Crippen molar-refractivity contribution in [3.63, 3.8) is 0 Å². The summed E-state index contributed by atoms with van der Waals surface area (Å²) in [5.74, 6) is -0.159. The molecule has 0 unspecified atom stereocenters. The lowest BCUT2D eigenvalue weighted by atomic mass is 10.3. The van der Waals surface area contributed by atoms with Crippen molar-refractivity contribution in [2.45, 2.75) is 18.9 Å². The second-order valence-corrected chi connectivity index (χ2v) is 4.82. The quantitative estimate of drug-likeness (QED) is 0.661. The molecule has 1 saturated carbocycles. The molecule has 1 heterocycles. The molecule has 0 aliphatic heterocycles. The van der Waals surface area contributed by atoms with Crippen molar-refractivity contribution < 1.29 is 10.0 Å². The number of nitrogens with zero attached hydrogens (tertiary/aromatic N) is 3. The number of hydrogen-bond donors (Lipinski definition) is 1. The van der Waals surface area contributed by atoms with Crippen molar-refractivity contribution in [3.8, 4) is 0 Å². The van der Waals surface area contributed by atoms with E-state index in [1.165, 1.54) is 6.20 Å². The van der Waals surface area contributed by atoms with E-state index in [0.29, 0.717) is 16.7 Å². The fourth-order valence-corrected chi connectivity index (χ4v) is 2.09. The first-order chi connectivity index (χ1) is 8.13. The fourth-order valence-electron chi connectivity index (χ4n) is 1.77. The molecule has 6 nitrogen and oxygen atoms in total. The average Bonchev–Trinajstić information content (AvgIpc) is 3.09. The predicted octanol–water partition coefficient (Wildman–Crippen LogP) is 1.71. The van der Waals surface area contributed by atoms with Crippen LogP contribution < -0.4 is 4.90 Å². The molecular weight excluding hydrogens is 290 g/mol. The van der Waals surface area contributed by atoms with Gasteiger partial charge in [-0.25, -0.2) is 0 Å². The summed E-state index contributed by atoms with van der Waals surface area (Å²) in [5, 5.41) is 20.0. The van der Waals surface area contributed by atoms with Gasteiger partial charge in [0.25, 0.3) is 0 Å². The van der Waals surface area contributed by atoms with E-state index in [1.807, 2.05) is 4.90 Å². The Labute approximate surface area is 107 Å². The van der Waals surface area contributed by atoms with E-state index in [-0.39, 0.29) is 18.5 Å². The van der Waals surface area contributed by atoms with Crippen LogP contribution in [0.2, 0.25) is 0 Å². The van der Waals surface area contributed by atoms with Crippen molar-refractivity contribution in [1.82, 2.24) is 4.98 Å². The van der Waals surface area contributed by atoms with E-state index in [1.54, 1.807) is 6.07 Å². The zero-order valence-electron chi connectivity index (χ0n) is 9.04. The molecule has 1 N–H and O–H groups in total. The zero-order valence-corrected chi connectivity index (χ0v) is 10.6. The molecule has 1 aliphatic carbocycles. The van der Waals surface area contributed by atoms with Crippen LogP contribution in [0.5, 0.6) is 0 Å². The number of pyridine rings is 1. The fraction of sp³-hybridized carbons (Fsp3) is 0.500. The topological polar surface area (TPSA) is 79.5 Å². The molecule has 0 aromatic carbocycles. The van der Waals surface area contributed by atoms with E-state index >= 15 is 0 Å². The number of nitro groups is 1. The second kappa shape index (κ2) is 4.97. The Morgan fingerprint density at radius 1 is 1.65 bits per heavy atom. The number of aliphatic hydroxyl groups is 1. The van der Waals surface area contributed by atoms with Gasteiger partial charge in [0.05, 0.1) is 11.1 Å². The van der Waals surface area contributed by atoms with Gasteiger partial charge in [0.1, 0.15) is 5.69 Å². The highest BCUT2D eigenvalue weighted by Crippen LogP contribution is 2.36. The van der Waals surface area contributed by atoms with Gasteiger partial charge in [-0.1, -0.05) is 0 Å². The van der Waals surface area contributed by atoms with Crippen molar-refractivity contribution in [1.29, 1.82) is 0 Å². The van der Waals surface area contributed by atoms with Crippen LogP contribution >= 0.6 is 15.9 Å². The SMILES string of the molecule is O=[N+]([O-])c1ncc(Br)cc1N(CCO)C1CC1. The van der Waals surface area contributed by atoms with Crippen molar-refractivity contribution >= 4 is 27.4 Å². The Bertz CT molecular complexity index is 437. The number of anilines is 1. The van der Waals surface area contributed by atoms with Crippen LogP contribution in [-0.4, -0.2) is 34.2 Å². The smallest absolute Gasteiger partial charge is 0.387 e. The summed E-state index contributed by atoms with van der Waals surface area (Å²) < 4.78 is 0.696. The van der Waals surface area contributed by atoms with E-state index in [2.05, 4.69) is 20.9 Å². The van der Waals surface area contributed by atoms with Crippen LogP contribution in [-0.2, 0) is 0 Å². The third kappa shape index (κ3) is 2.73. The Morgan fingerprint density at radius 3 is 2.88 bits per heavy atom.